The number of nitrogens with zero attached hydrogens (tertiary/aromatic N) is 3. The molecular weight excluding hydrogens is 280 g/mol. The molecule has 2 rings (SSSR count). The molecule has 3 N–H and O–H groups in total. The molecule has 2 fully saturated rings. The van der Waals surface area contributed by atoms with Crippen molar-refractivity contribution in [3.63, 3.8) is 0 Å². The van der Waals surface area contributed by atoms with E-state index in [0.717, 1.165) is 32.1 Å². The minimum Gasteiger partial charge on any atom is -0.409 e. The van der Waals surface area contributed by atoms with Crippen LogP contribution in [0.3, 0.4) is 0 Å². The van der Waals surface area contributed by atoms with Crippen molar-refractivity contribution >= 4 is 15.9 Å². The zero-order chi connectivity index (χ0) is 14.6. The Hall–Kier alpha value is -0.860. The van der Waals surface area contributed by atoms with Crippen molar-refractivity contribution in [2.45, 2.75) is 37.4 Å². The largest absolute Gasteiger partial charge is 0.409 e. The lowest BCUT2D eigenvalue weighted by molar-refractivity contribution is 0.204. The lowest BCUT2D eigenvalue weighted by Crippen LogP contribution is -2.52. The smallest absolute Gasteiger partial charge is 0.217 e. The molecule has 8 heteroatoms. The van der Waals surface area contributed by atoms with Gasteiger partial charge >= 0.3 is 0 Å². The van der Waals surface area contributed by atoms with Crippen molar-refractivity contribution in [1.82, 2.24) is 9.21 Å². The summed E-state index contributed by atoms with van der Waals surface area (Å²) in [6.45, 7) is 2.63. The molecule has 20 heavy (non-hydrogen) atoms. The molecule has 0 unspecified atom stereocenters. The average Bonchev–Trinajstić information content (AvgIpc) is 2.48. The monoisotopic (exact) mass is 304 g/mol. The summed E-state index contributed by atoms with van der Waals surface area (Å²) in [6, 6.07) is 0. The summed E-state index contributed by atoms with van der Waals surface area (Å²) in [5, 5.41) is 11.3. The molecular formula is C12H24N4O3S. The van der Waals surface area contributed by atoms with Gasteiger partial charge in [-0.1, -0.05) is 24.4 Å². The van der Waals surface area contributed by atoms with Gasteiger partial charge in [0.1, 0.15) is 0 Å². The van der Waals surface area contributed by atoms with Crippen LogP contribution in [0.2, 0.25) is 0 Å². The maximum atomic E-state index is 12.5. The second-order valence-electron chi connectivity index (χ2n) is 5.57. The fourth-order valence-electron chi connectivity index (χ4n) is 2.98. The molecule has 1 saturated heterocycles. The SMILES string of the molecule is NC(CN1CCN(S(=O)(=O)C2CCCCC2)CC1)=NO. The number of rotatable bonds is 4. The Kier molecular flexibility index (Phi) is 5.22. The third kappa shape index (κ3) is 3.62. The molecule has 0 radical (unpaired) electrons. The highest BCUT2D eigenvalue weighted by Gasteiger charge is 2.34. The first kappa shape index (κ1) is 15.5. The van der Waals surface area contributed by atoms with E-state index < -0.39 is 10.0 Å². The molecule has 1 aliphatic carbocycles. The molecule has 0 aromatic rings. The Bertz CT molecular complexity index is 438. The quantitative estimate of drug-likeness (QED) is 0.330. The molecule has 0 aromatic carbocycles. The molecule has 0 atom stereocenters. The van der Waals surface area contributed by atoms with E-state index in [4.69, 9.17) is 10.9 Å². The third-order valence-electron chi connectivity index (χ3n) is 4.18. The number of sulfonamides is 1. The summed E-state index contributed by atoms with van der Waals surface area (Å²) in [5.41, 5.74) is 5.47. The van der Waals surface area contributed by atoms with E-state index in [9.17, 15) is 8.42 Å². The van der Waals surface area contributed by atoms with Gasteiger partial charge in [0.25, 0.3) is 0 Å². The van der Waals surface area contributed by atoms with E-state index >= 15 is 0 Å². The summed E-state index contributed by atoms with van der Waals surface area (Å²) >= 11 is 0. The number of amidine groups is 1. The van der Waals surface area contributed by atoms with E-state index in [2.05, 4.69) is 5.16 Å². The summed E-state index contributed by atoms with van der Waals surface area (Å²) in [7, 11) is -3.15. The zero-order valence-corrected chi connectivity index (χ0v) is 12.6. The summed E-state index contributed by atoms with van der Waals surface area (Å²) in [4.78, 5) is 2.00. The minimum atomic E-state index is -3.15. The number of hydrogen-bond acceptors (Lipinski definition) is 5. The van der Waals surface area contributed by atoms with Gasteiger partial charge in [0.2, 0.25) is 10.0 Å². The average molecular weight is 304 g/mol. The van der Waals surface area contributed by atoms with Crippen LogP contribution in [0.15, 0.2) is 5.16 Å². The fraction of sp³-hybridized carbons (Fsp3) is 0.917. The van der Waals surface area contributed by atoms with Crippen LogP contribution in [0.25, 0.3) is 0 Å². The molecule has 2 aliphatic rings. The van der Waals surface area contributed by atoms with Crippen molar-refractivity contribution in [2.24, 2.45) is 10.9 Å². The van der Waals surface area contributed by atoms with E-state index in [1.165, 1.54) is 0 Å². The van der Waals surface area contributed by atoms with E-state index in [1.54, 1.807) is 4.31 Å². The molecule has 1 heterocycles. The Morgan fingerprint density at radius 2 is 1.75 bits per heavy atom. The van der Waals surface area contributed by atoms with Crippen molar-refractivity contribution < 1.29 is 13.6 Å². The van der Waals surface area contributed by atoms with Gasteiger partial charge < -0.3 is 10.9 Å². The van der Waals surface area contributed by atoms with Gasteiger partial charge in [-0.25, -0.2) is 8.42 Å². The van der Waals surface area contributed by atoms with E-state index in [-0.39, 0.29) is 11.1 Å². The normalized spacial score (nSPS) is 24.9. The highest BCUT2D eigenvalue weighted by atomic mass is 32.2. The fourth-order valence-corrected chi connectivity index (χ4v) is 5.00. The van der Waals surface area contributed by atoms with Crippen molar-refractivity contribution in [3.05, 3.63) is 0 Å². The predicted molar refractivity (Wildman–Crippen MR) is 77.2 cm³/mol. The second-order valence-corrected chi connectivity index (χ2v) is 7.78. The highest BCUT2D eigenvalue weighted by Crippen LogP contribution is 2.26. The van der Waals surface area contributed by atoms with Gasteiger partial charge in [-0.3, -0.25) is 4.90 Å². The zero-order valence-electron chi connectivity index (χ0n) is 11.7. The van der Waals surface area contributed by atoms with Gasteiger partial charge in [0.05, 0.1) is 11.8 Å². The van der Waals surface area contributed by atoms with E-state index in [1.807, 2.05) is 4.90 Å². The Labute approximate surface area is 120 Å². The van der Waals surface area contributed by atoms with Crippen LogP contribution in [0.5, 0.6) is 0 Å². The van der Waals surface area contributed by atoms with Gasteiger partial charge in [-0.15, -0.1) is 0 Å². The van der Waals surface area contributed by atoms with Gasteiger partial charge in [0.15, 0.2) is 5.84 Å². The lowest BCUT2D eigenvalue weighted by atomic mass is 10.0. The number of hydrogen-bond donors (Lipinski definition) is 2. The van der Waals surface area contributed by atoms with Crippen LogP contribution in [-0.2, 0) is 10.0 Å². The highest BCUT2D eigenvalue weighted by molar-refractivity contribution is 7.89. The predicted octanol–water partition coefficient (Wildman–Crippen LogP) is 0.0129. The van der Waals surface area contributed by atoms with Crippen molar-refractivity contribution in [1.29, 1.82) is 0 Å². The molecule has 1 aliphatic heterocycles. The van der Waals surface area contributed by atoms with Crippen LogP contribution in [0.4, 0.5) is 0 Å². The van der Waals surface area contributed by atoms with Crippen molar-refractivity contribution in [3.8, 4) is 0 Å². The van der Waals surface area contributed by atoms with Crippen LogP contribution >= 0.6 is 0 Å². The van der Waals surface area contributed by atoms with Crippen LogP contribution in [0, 0.1) is 0 Å². The molecule has 0 bridgehead atoms. The third-order valence-corrected chi connectivity index (χ3v) is 6.58. The van der Waals surface area contributed by atoms with Gasteiger partial charge in [0, 0.05) is 26.2 Å². The summed E-state index contributed by atoms with van der Waals surface area (Å²) in [6.07, 6.45) is 4.79. The molecule has 116 valence electrons. The van der Waals surface area contributed by atoms with Crippen LogP contribution in [0.1, 0.15) is 32.1 Å². The first-order chi connectivity index (χ1) is 9.54. The Morgan fingerprint density at radius 3 is 2.30 bits per heavy atom. The standard InChI is InChI=1S/C12H24N4O3S/c13-12(14-17)10-15-6-8-16(9-7-15)20(18,19)11-4-2-1-3-5-11/h11,17H,1-10H2,(H2,13,14). The van der Waals surface area contributed by atoms with Crippen molar-refractivity contribution in [2.75, 3.05) is 32.7 Å². The minimum absolute atomic E-state index is 0.161. The maximum absolute atomic E-state index is 12.5. The first-order valence-corrected chi connectivity index (χ1v) is 8.72. The topological polar surface area (TPSA) is 99.2 Å². The van der Waals surface area contributed by atoms with E-state index in [0.29, 0.717) is 32.7 Å². The summed E-state index contributed by atoms with van der Waals surface area (Å²) in [5.74, 6) is 0.161. The Morgan fingerprint density at radius 1 is 1.15 bits per heavy atom. The number of nitrogens with two attached hydrogens (primary N) is 1. The maximum Gasteiger partial charge on any atom is 0.217 e. The first-order valence-electron chi connectivity index (χ1n) is 7.22. The Balaban J connectivity index is 1.89. The van der Waals surface area contributed by atoms with Gasteiger partial charge in [-0.2, -0.15) is 4.31 Å². The molecule has 0 amide bonds. The molecule has 0 spiro atoms. The molecule has 7 nitrogen and oxygen atoms in total. The lowest BCUT2D eigenvalue weighted by Gasteiger charge is -2.36. The van der Waals surface area contributed by atoms with Gasteiger partial charge in [-0.05, 0) is 12.8 Å². The second kappa shape index (κ2) is 6.73. The number of piperazine rings is 1. The molecule has 0 aromatic heterocycles. The number of oxime groups is 1. The summed E-state index contributed by atoms with van der Waals surface area (Å²) < 4.78 is 26.7. The van der Waals surface area contributed by atoms with Crippen LogP contribution < -0.4 is 5.73 Å². The molecule has 1 saturated carbocycles. The van der Waals surface area contributed by atoms with Crippen LogP contribution in [-0.4, -0.2) is 66.6 Å².